The smallest absolute Gasteiger partial charge is 0.356 e. The lowest BCUT2D eigenvalue weighted by atomic mass is 11.1. The number of rotatable bonds is 0. The summed E-state index contributed by atoms with van der Waals surface area (Å²) in [5.41, 5.74) is 5.16. The van der Waals surface area contributed by atoms with Gasteiger partial charge in [-0.25, -0.2) is 0 Å². The quantitative estimate of drug-likeness (QED) is 0.170. The van der Waals surface area contributed by atoms with Crippen LogP contribution in [0.5, 0.6) is 0 Å². The summed E-state index contributed by atoms with van der Waals surface area (Å²) in [6.45, 7) is 0. The Labute approximate surface area is 60.3 Å². The SMILES string of the molecule is Nc1[nH]nc[n+]1N.O=[N+]([O-])[O-]. The van der Waals surface area contributed by atoms with Crippen molar-refractivity contribution in [3.63, 3.8) is 0 Å². The molecule has 9 heteroatoms. The van der Waals surface area contributed by atoms with Gasteiger partial charge in [-0.2, -0.15) is 0 Å². The van der Waals surface area contributed by atoms with Crippen molar-refractivity contribution in [3.8, 4) is 0 Å². The molecule has 0 unspecified atom stereocenters. The van der Waals surface area contributed by atoms with E-state index in [9.17, 15) is 0 Å². The van der Waals surface area contributed by atoms with E-state index in [-0.39, 0.29) is 0 Å². The van der Waals surface area contributed by atoms with Crippen LogP contribution in [0.15, 0.2) is 6.33 Å². The monoisotopic (exact) mass is 162 g/mol. The molecule has 1 rings (SSSR count). The third kappa shape index (κ3) is 4.44. The van der Waals surface area contributed by atoms with Gasteiger partial charge in [0.05, 0.1) is 5.09 Å². The second-order valence-electron chi connectivity index (χ2n) is 1.37. The van der Waals surface area contributed by atoms with E-state index in [0.29, 0.717) is 5.95 Å². The van der Waals surface area contributed by atoms with Gasteiger partial charge in [0.25, 0.3) is 6.33 Å². The number of aromatic amines is 1. The summed E-state index contributed by atoms with van der Waals surface area (Å²) in [5.74, 6) is 5.48. The Balaban J connectivity index is 0.000000218. The van der Waals surface area contributed by atoms with Crippen molar-refractivity contribution in [2.24, 2.45) is 0 Å². The maximum Gasteiger partial charge on any atom is 0.360 e. The van der Waals surface area contributed by atoms with Crippen molar-refractivity contribution in [2.75, 3.05) is 11.6 Å². The highest BCUT2D eigenvalue weighted by atomic mass is 16.9. The van der Waals surface area contributed by atoms with E-state index in [2.05, 4.69) is 10.2 Å². The summed E-state index contributed by atoms with van der Waals surface area (Å²) < 4.78 is 1.19. The molecule has 0 bridgehead atoms. The Hall–Kier alpha value is -2.06. The largest absolute Gasteiger partial charge is 0.360 e. The highest BCUT2D eigenvalue weighted by molar-refractivity contribution is 4.98. The minimum Gasteiger partial charge on any atom is -0.356 e. The number of anilines is 1. The first kappa shape index (κ1) is 8.94. The van der Waals surface area contributed by atoms with E-state index in [4.69, 9.17) is 26.9 Å². The molecule has 0 aliphatic rings. The van der Waals surface area contributed by atoms with E-state index in [1.807, 2.05) is 0 Å². The molecule has 0 aromatic carbocycles. The average Bonchev–Trinajstić information content (AvgIpc) is 2.15. The Morgan fingerprint density at radius 2 is 2.18 bits per heavy atom. The van der Waals surface area contributed by atoms with E-state index in [1.165, 1.54) is 11.0 Å². The van der Waals surface area contributed by atoms with Crippen LogP contribution in [-0.4, -0.2) is 15.3 Å². The van der Waals surface area contributed by atoms with Crippen LogP contribution in [0, 0.1) is 15.3 Å². The van der Waals surface area contributed by atoms with Crippen molar-refractivity contribution < 1.29 is 9.76 Å². The molecule has 1 heterocycles. The highest BCUT2D eigenvalue weighted by Gasteiger charge is 1.96. The molecule has 5 N–H and O–H groups in total. The van der Waals surface area contributed by atoms with Gasteiger partial charge in [-0.3, -0.25) is 5.84 Å². The molecular weight excluding hydrogens is 156 g/mol. The zero-order valence-electron chi connectivity index (χ0n) is 5.30. The fourth-order valence-corrected chi connectivity index (χ4v) is 0.277. The van der Waals surface area contributed by atoms with Gasteiger partial charge in [-0.15, -0.1) is 9.77 Å². The molecule has 62 valence electrons. The topological polar surface area (TPSA) is 151 Å². The van der Waals surface area contributed by atoms with E-state index >= 15 is 0 Å². The van der Waals surface area contributed by atoms with Crippen LogP contribution < -0.4 is 16.3 Å². The number of nitrogens with two attached hydrogens (primary N) is 2. The average molecular weight is 162 g/mol. The van der Waals surface area contributed by atoms with Gasteiger partial charge in [-0.05, 0) is 5.10 Å². The van der Waals surface area contributed by atoms with Crippen molar-refractivity contribution in [1.82, 2.24) is 10.2 Å². The molecule has 0 aliphatic heterocycles. The number of H-pyrrole nitrogens is 1. The van der Waals surface area contributed by atoms with Crippen molar-refractivity contribution in [3.05, 3.63) is 21.6 Å². The fraction of sp³-hybridized carbons (Fsp3) is 0. The normalized spacial score (nSPS) is 8.00. The molecule has 0 aliphatic carbocycles. The molecule has 0 amide bonds. The Morgan fingerprint density at radius 1 is 1.73 bits per heavy atom. The first-order valence-corrected chi connectivity index (χ1v) is 2.31. The summed E-state index contributed by atoms with van der Waals surface area (Å²) in [6, 6.07) is 0. The maximum atomic E-state index is 8.25. The van der Waals surface area contributed by atoms with Gasteiger partial charge in [0.2, 0.25) is 0 Å². The number of nitrogens with zero attached hydrogens (tertiary/aromatic N) is 3. The maximum absolute atomic E-state index is 8.25. The molecule has 1 aromatic rings. The van der Waals surface area contributed by atoms with Gasteiger partial charge < -0.3 is 21.1 Å². The van der Waals surface area contributed by atoms with Crippen LogP contribution in [0.3, 0.4) is 0 Å². The van der Waals surface area contributed by atoms with Crippen LogP contribution >= 0.6 is 0 Å². The summed E-state index contributed by atoms with van der Waals surface area (Å²) in [4.78, 5) is 8.25. The second-order valence-corrected chi connectivity index (χ2v) is 1.37. The highest BCUT2D eigenvalue weighted by Crippen LogP contribution is 1.71. The first-order valence-electron chi connectivity index (χ1n) is 2.31. The Morgan fingerprint density at radius 3 is 2.27 bits per heavy atom. The standard InChI is InChI=1S/C2H5N5.NO3/c3-2-6-5-1-7(2)4;2-1(3)4/h1H,4H2,(H2,3,6);/q;-1/p+1. The number of nitrogen functional groups attached to an aromatic ring is 2. The number of hydrogen-bond donors (Lipinski definition) is 3. The minimum atomic E-state index is -1.75. The van der Waals surface area contributed by atoms with Crippen LogP contribution in [0.2, 0.25) is 0 Å². The summed E-state index contributed by atoms with van der Waals surface area (Å²) >= 11 is 0. The van der Waals surface area contributed by atoms with Gasteiger partial charge in [0.1, 0.15) is 0 Å². The molecule has 0 atom stereocenters. The van der Waals surface area contributed by atoms with Crippen LogP contribution in [-0.2, 0) is 0 Å². The molecule has 0 radical (unpaired) electrons. The van der Waals surface area contributed by atoms with Crippen molar-refractivity contribution >= 4 is 5.95 Å². The molecule has 11 heavy (non-hydrogen) atoms. The lowest BCUT2D eigenvalue weighted by Gasteiger charge is -1.77. The van der Waals surface area contributed by atoms with E-state index in [1.54, 1.807) is 0 Å². The Bertz CT molecular complexity index is 211. The van der Waals surface area contributed by atoms with Gasteiger partial charge >= 0.3 is 5.95 Å². The minimum absolute atomic E-state index is 0.347. The third-order valence-electron chi connectivity index (χ3n) is 0.639. The molecule has 1 aromatic heterocycles. The third-order valence-corrected chi connectivity index (χ3v) is 0.639. The first-order chi connectivity index (χ1) is 5.04. The van der Waals surface area contributed by atoms with Crippen LogP contribution in [0.1, 0.15) is 0 Å². The molecule has 0 saturated carbocycles. The zero-order valence-corrected chi connectivity index (χ0v) is 5.30. The fourth-order valence-electron chi connectivity index (χ4n) is 0.277. The molecule has 0 fully saturated rings. The van der Waals surface area contributed by atoms with Crippen molar-refractivity contribution in [2.45, 2.75) is 0 Å². The van der Waals surface area contributed by atoms with Crippen molar-refractivity contribution in [1.29, 1.82) is 0 Å². The van der Waals surface area contributed by atoms with E-state index < -0.39 is 5.09 Å². The van der Waals surface area contributed by atoms with E-state index in [0.717, 1.165) is 0 Å². The lowest BCUT2D eigenvalue weighted by Crippen LogP contribution is -2.44. The summed E-state index contributed by atoms with van der Waals surface area (Å²) in [7, 11) is 0. The summed E-state index contributed by atoms with van der Waals surface area (Å²) in [5, 5.41) is 20.7. The number of nitrogens with one attached hydrogen (secondary N) is 1. The molecular formula is C2H6N6O3. The Kier molecular flexibility index (Phi) is 3.15. The predicted molar refractivity (Wildman–Crippen MR) is 33.7 cm³/mol. The van der Waals surface area contributed by atoms with Gasteiger partial charge in [0, 0.05) is 0 Å². The lowest BCUT2D eigenvalue weighted by molar-refractivity contribution is -0.623. The van der Waals surface area contributed by atoms with Gasteiger partial charge in [0.15, 0.2) is 0 Å². The molecule has 0 saturated heterocycles. The number of aromatic nitrogens is 3. The molecule has 0 spiro atoms. The van der Waals surface area contributed by atoms with Crippen LogP contribution in [0.4, 0.5) is 5.95 Å². The molecule has 9 nitrogen and oxygen atoms in total. The van der Waals surface area contributed by atoms with Gasteiger partial charge in [-0.1, -0.05) is 0 Å². The number of hydrogen-bond acceptors (Lipinski definition) is 6. The van der Waals surface area contributed by atoms with Crippen LogP contribution in [0.25, 0.3) is 0 Å². The zero-order chi connectivity index (χ0) is 8.85. The predicted octanol–water partition coefficient (Wildman–Crippen LogP) is -2.25. The second kappa shape index (κ2) is 3.87. The summed E-state index contributed by atoms with van der Waals surface area (Å²) in [6.07, 6.45) is 1.38.